The van der Waals surface area contributed by atoms with Crippen molar-refractivity contribution in [2.24, 2.45) is 0 Å². The molecule has 0 atom stereocenters. The molecule has 0 fully saturated rings. The summed E-state index contributed by atoms with van der Waals surface area (Å²) < 4.78 is 23.9. The van der Waals surface area contributed by atoms with Crippen molar-refractivity contribution in [1.82, 2.24) is 4.98 Å². The molecule has 0 saturated heterocycles. The second-order valence-corrected chi connectivity index (χ2v) is 0.901. The number of aromatic nitrogens is 1. The summed E-state index contributed by atoms with van der Waals surface area (Å²) in [5.41, 5.74) is 0. The van der Waals surface area contributed by atoms with E-state index in [-0.39, 0.29) is 0 Å². The van der Waals surface area contributed by atoms with E-state index in [1.807, 2.05) is 0 Å². The topological polar surface area (TPSA) is 43.1 Å². The molecule has 0 aliphatic heterocycles. The lowest BCUT2D eigenvalue weighted by Crippen LogP contribution is -1.54. The van der Waals surface area contributed by atoms with Crippen molar-refractivity contribution in [3.8, 4) is 0 Å². The first-order valence-corrected chi connectivity index (χ1v) is 1.90. The summed E-state index contributed by atoms with van der Waals surface area (Å²) in [6, 6.07) is 0. The Hall–Kier alpha value is -1.26. The van der Waals surface area contributed by atoms with Crippen LogP contribution in [0.2, 0.25) is 0 Å². The van der Waals surface area contributed by atoms with Gasteiger partial charge in [0.05, 0.1) is 6.20 Å². The molecule has 0 saturated carbocycles. The van der Waals surface area contributed by atoms with Crippen molar-refractivity contribution in [3.05, 3.63) is 18.9 Å². The van der Waals surface area contributed by atoms with E-state index in [0.717, 1.165) is 0 Å². The van der Waals surface area contributed by atoms with E-state index in [9.17, 15) is 8.78 Å². The maximum absolute atomic E-state index is 9.69. The van der Waals surface area contributed by atoms with Gasteiger partial charge in [0.2, 0.25) is 0 Å². The van der Waals surface area contributed by atoms with Crippen molar-refractivity contribution >= 4 is 6.29 Å². The summed E-state index contributed by atoms with van der Waals surface area (Å²) in [6.45, 7) is 0. The third-order valence-corrected chi connectivity index (χ3v) is 0.347. The molecule has 0 N–H and O–H groups in total. The molecule has 1 aromatic rings. The van der Waals surface area contributed by atoms with Crippen molar-refractivity contribution < 1.29 is 18.0 Å². The summed E-state index contributed by atoms with van der Waals surface area (Å²) in [6.07, 6.45) is 1.64. The van der Waals surface area contributed by atoms with Crippen LogP contribution in [-0.2, 0) is 0 Å². The van der Waals surface area contributed by atoms with Gasteiger partial charge in [0.1, 0.15) is 6.26 Å². The predicted molar refractivity (Wildman–Crippen MR) is 24.1 cm³/mol. The van der Waals surface area contributed by atoms with E-state index >= 15 is 0 Å². The lowest BCUT2D eigenvalue weighted by molar-refractivity contribution is 0.199. The minimum atomic E-state index is -2.83. The zero-order chi connectivity index (χ0) is 7.11. The van der Waals surface area contributed by atoms with Gasteiger partial charge in [-0.15, -0.1) is 8.78 Å². The quantitative estimate of drug-likeness (QED) is 0.508. The maximum atomic E-state index is 9.69. The van der Waals surface area contributed by atoms with Crippen LogP contribution in [0.5, 0.6) is 0 Å². The van der Waals surface area contributed by atoms with E-state index < -0.39 is 6.29 Å². The fraction of sp³-hybridized carbons (Fsp3) is 0. The third kappa shape index (κ3) is 10.8. The highest BCUT2D eigenvalue weighted by atomic mass is 19.3. The highest BCUT2D eigenvalue weighted by molar-refractivity contribution is 5.55. The number of rotatable bonds is 0. The van der Waals surface area contributed by atoms with Gasteiger partial charge in [-0.05, 0) is 0 Å². The van der Waals surface area contributed by atoms with Crippen LogP contribution in [0.25, 0.3) is 0 Å². The second kappa shape index (κ2) is 4.89. The van der Waals surface area contributed by atoms with E-state index in [1.165, 1.54) is 12.7 Å². The Morgan fingerprint density at radius 1 is 1.56 bits per heavy atom. The molecule has 1 aromatic heterocycles. The van der Waals surface area contributed by atoms with Gasteiger partial charge in [-0.1, -0.05) is 0 Å². The standard InChI is InChI=1S/C3H3NO.CF2O/c1-2-5-3-4-1;2-1(3)4/h1-3H;. The molecule has 0 spiro atoms. The number of halogens is 2. The predicted octanol–water partition coefficient (Wildman–Crippen LogP) is 1.72. The molecule has 0 bridgehead atoms. The molecule has 0 radical (unpaired) electrons. The van der Waals surface area contributed by atoms with Gasteiger partial charge >= 0.3 is 6.29 Å². The van der Waals surface area contributed by atoms with Crippen LogP contribution in [0.4, 0.5) is 13.6 Å². The first-order valence-electron chi connectivity index (χ1n) is 1.90. The summed E-state index contributed by atoms with van der Waals surface area (Å²) in [5, 5.41) is 0. The molecule has 9 heavy (non-hydrogen) atoms. The first kappa shape index (κ1) is 7.74. The highest BCUT2D eigenvalue weighted by Crippen LogP contribution is 1.72. The molecular formula is C4H3F2NO2. The maximum Gasteiger partial charge on any atom is 0.483 e. The van der Waals surface area contributed by atoms with Crippen LogP contribution in [-0.4, -0.2) is 11.3 Å². The number of nitrogens with zero attached hydrogens (tertiary/aromatic N) is 1. The van der Waals surface area contributed by atoms with Crippen LogP contribution in [0.1, 0.15) is 0 Å². The molecule has 0 aliphatic carbocycles. The molecule has 1 heterocycles. The second-order valence-electron chi connectivity index (χ2n) is 0.901. The molecule has 3 nitrogen and oxygen atoms in total. The molecule has 0 aromatic carbocycles. The smallest absolute Gasteiger partial charge is 0.452 e. The van der Waals surface area contributed by atoms with E-state index in [0.29, 0.717) is 0 Å². The number of hydrogen-bond acceptors (Lipinski definition) is 3. The SMILES string of the molecule is O=C(F)F.c1cocn1. The fourth-order valence-electron chi connectivity index (χ4n) is 0.176. The molecule has 5 heteroatoms. The van der Waals surface area contributed by atoms with Gasteiger partial charge in [0.25, 0.3) is 0 Å². The van der Waals surface area contributed by atoms with Gasteiger partial charge in [0, 0.05) is 0 Å². The normalized spacial score (nSPS) is 7.33. The van der Waals surface area contributed by atoms with Gasteiger partial charge in [-0.3, -0.25) is 0 Å². The van der Waals surface area contributed by atoms with Crippen molar-refractivity contribution in [2.75, 3.05) is 0 Å². The van der Waals surface area contributed by atoms with E-state index in [2.05, 4.69) is 9.40 Å². The van der Waals surface area contributed by atoms with Gasteiger partial charge in [-0.25, -0.2) is 9.78 Å². The number of hydrogen-bond donors (Lipinski definition) is 0. The third-order valence-electron chi connectivity index (χ3n) is 0.347. The minimum Gasteiger partial charge on any atom is -0.452 e. The molecule has 1 rings (SSSR count). The van der Waals surface area contributed by atoms with E-state index in [4.69, 9.17) is 4.79 Å². The Bertz CT molecular complexity index is 130. The summed E-state index contributed by atoms with van der Waals surface area (Å²) in [7, 11) is 0. The Kier molecular flexibility index (Phi) is 4.20. The van der Waals surface area contributed by atoms with Crippen LogP contribution in [0.15, 0.2) is 23.3 Å². The zero-order valence-corrected chi connectivity index (χ0v) is 4.25. The Balaban J connectivity index is 0.000000148. The zero-order valence-electron chi connectivity index (χ0n) is 4.25. The van der Waals surface area contributed by atoms with Crippen molar-refractivity contribution in [3.63, 3.8) is 0 Å². The van der Waals surface area contributed by atoms with Crippen LogP contribution in [0, 0.1) is 0 Å². The summed E-state index contributed by atoms with van der Waals surface area (Å²) >= 11 is 0. The van der Waals surface area contributed by atoms with Gasteiger partial charge < -0.3 is 4.42 Å². The van der Waals surface area contributed by atoms with Crippen LogP contribution in [0.3, 0.4) is 0 Å². The molecular weight excluding hydrogens is 132 g/mol. The van der Waals surface area contributed by atoms with Crippen molar-refractivity contribution in [1.29, 1.82) is 0 Å². The van der Waals surface area contributed by atoms with Crippen LogP contribution < -0.4 is 0 Å². The monoisotopic (exact) mass is 135 g/mol. The van der Waals surface area contributed by atoms with Crippen LogP contribution >= 0.6 is 0 Å². The van der Waals surface area contributed by atoms with Gasteiger partial charge in [-0.2, -0.15) is 0 Å². The summed E-state index contributed by atoms with van der Waals surface area (Å²) in [5.74, 6) is 0. The lowest BCUT2D eigenvalue weighted by atomic mass is 11.0. The Labute approximate surface area is 49.3 Å². The molecule has 0 amide bonds. The molecule has 50 valence electrons. The molecule has 0 aliphatic rings. The van der Waals surface area contributed by atoms with Gasteiger partial charge in [0.15, 0.2) is 6.39 Å². The summed E-state index contributed by atoms with van der Waals surface area (Å²) in [4.78, 5) is 11.7. The Morgan fingerprint density at radius 3 is 2.22 bits per heavy atom. The van der Waals surface area contributed by atoms with Crippen molar-refractivity contribution in [2.45, 2.75) is 0 Å². The highest BCUT2D eigenvalue weighted by Gasteiger charge is 1.78. The Morgan fingerprint density at radius 2 is 2.11 bits per heavy atom. The largest absolute Gasteiger partial charge is 0.483 e. The average molecular weight is 135 g/mol. The van der Waals surface area contributed by atoms with E-state index in [1.54, 1.807) is 6.20 Å². The molecule has 0 unspecified atom stereocenters. The lowest BCUT2D eigenvalue weighted by Gasteiger charge is -1.47. The number of oxazole rings is 1. The minimum absolute atomic E-state index is 1.38. The average Bonchev–Trinajstić information content (AvgIpc) is 2.11. The number of carbonyl (C=O) groups excluding carboxylic acids is 1. The fourth-order valence-corrected chi connectivity index (χ4v) is 0.176. The number of carbonyl (C=O) groups is 1. The first-order chi connectivity index (χ1) is 4.23.